The van der Waals surface area contributed by atoms with Crippen LogP contribution in [0.15, 0.2) is 60.0 Å². The van der Waals surface area contributed by atoms with Crippen LogP contribution < -0.4 is 9.80 Å². The molecule has 0 N–H and O–H groups in total. The first-order chi connectivity index (χ1) is 11.5. The van der Waals surface area contributed by atoms with Crippen LogP contribution in [0.4, 0.5) is 11.4 Å². The average Bonchev–Trinajstić information content (AvgIpc) is 2.83. The van der Waals surface area contributed by atoms with E-state index in [2.05, 4.69) is 0 Å². The second kappa shape index (κ2) is 7.50. The Morgan fingerprint density at radius 3 is 2.38 bits per heavy atom. The number of carbonyl (C=O) groups is 2. The van der Waals surface area contributed by atoms with Crippen molar-refractivity contribution in [2.45, 2.75) is 0 Å². The zero-order chi connectivity index (χ0) is 17.7. The summed E-state index contributed by atoms with van der Waals surface area (Å²) in [6.07, 6.45) is 6.64. The number of hydrogen-bond donors (Lipinski definition) is 0. The quantitative estimate of drug-likeness (QED) is 0.790. The van der Waals surface area contributed by atoms with Gasteiger partial charge in [-0.3, -0.25) is 0 Å². The van der Waals surface area contributed by atoms with Crippen LogP contribution in [0, 0.1) is 0 Å². The number of methoxy groups -OCH3 is 2. The molecule has 6 nitrogen and oxygen atoms in total. The molecule has 1 aromatic carbocycles. The van der Waals surface area contributed by atoms with Gasteiger partial charge < -0.3 is 19.3 Å². The Morgan fingerprint density at radius 1 is 1.04 bits per heavy atom. The number of benzene rings is 1. The maximum atomic E-state index is 12.3. The van der Waals surface area contributed by atoms with Crippen molar-refractivity contribution in [1.29, 1.82) is 0 Å². The number of carbonyl (C=O) groups excluding carboxylic acids is 2. The molecule has 0 aliphatic carbocycles. The number of ether oxygens (including phenoxy) is 2. The minimum atomic E-state index is -0.623. The Labute approximate surface area is 141 Å². The number of anilines is 2. The monoisotopic (exact) mass is 328 g/mol. The molecule has 0 fully saturated rings. The van der Waals surface area contributed by atoms with Gasteiger partial charge in [0.2, 0.25) is 0 Å². The zero-order valence-corrected chi connectivity index (χ0v) is 14.1. The van der Waals surface area contributed by atoms with E-state index < -0.39 is 11.9 Å². The highest BCUT2D eigenvalue weighted by Gasteiger charge is 2.27. The molecule has 0 saturated heterocycles. The fraction of sp³-hybridized carbons (Fsp3) is 0.222. The molecule has 0 saturated carbocycles. The van der Waals surface area contributed by atoms with Gasteiger partial charge in [-0.15, -0.1) is 0 Å². The van der Waals surface area contributed by atoms with E-state index in [0.717, 1.165) is 11.4 Å². The second-order valence-electron chi connectivity index (χ2n) is 5.23. The highest BCUT2D eigenvalue weighted by Crippen LogP contribution is 2.28. The summed E-state index contributed by atoms with van der Waals surface area (Å²) in [4.78, 5) is 28.0. The van der Waals surface area contributed by atoms with Gasteiger partial charge in [-0.2, -0.15) is 0 Å². The van der Waals surface area contributed by atoms with Crippen molar-refractivity contribution in [3.05, 3.63) is 60.0 Å². The zero-order valence-electron chi connectivity index (χ0n) is 14.1. The van der Waals surface area contributed by atoms with Crippen LogP contribution in [-0.2, 0) is 19.1 Å². The lowest BCUT2D eigenvalue weighted by Crippen LogP contribution is -2.27. The van der Waals surface area contributed by atoms with E-state index >= 15 is 0 Å². The number of allylic oxidation sites excluding steroid dienone is 2. The molecule has 0 radical (unpaired) electrons. The smallest absolute Gasteiger partial charge is 0.355 e. The molecule has 0 aromatic heterocycles. The number of esters is 2. The Kier molecular flexibility index (Phi) is 5.42. The van der Waals surface area contributed by atoms with E-state index in [4.69, 9.17) is 9.47 Å². The normalized spacial score (nSPS) is 13.6. The maximum Gasteiger partial charge on any atom is 0.355 e. The first-order valence-electron chi connectivity index (χ1n) is 7.32. The third-order valence-corrected chi connectivity index (χ3v) is 3.51. The van der Waals surface area contributed by atoms with Crippen LogP contribution in [0.2, 0.25) is 0 Å². The maximum absolute atomic E-state index is 12.3. The van der Waals surface area contributed by atoms with Crippen LogP contribution >= 0.6 is 0 Å². The van der Waals surface area contributed by atoms with Crippen LogP contribution in [-0.4, -0.2) is 40.3 Å². The van der Waals surface area contributed by atoms with Gasteiger partial charge in [-0.25, -0.2) is 9.59 Å². The first kappa shape index (κ1) is 17.3. The van der Waals surface area contributed by atoms with E-state index in [0.29, 0.717) is 0 Å². The third-order valence-electron chi connectivity index (χ3n) is 3.51. The average molecular weight is 328 g/mol. The van der Waals surface area contributed by atoms with Gasteiger partial charge in [0, 0.05) is 31.7 Å². The van der Waals surface area contributed by atoms with E-state index in [1.165, 1.54) is 20.3 Å². The summed E-state index contributed by atoms with van der Waals surface area (Å²) in [5, 5.41) is 0. The molecule has 6 heteroatoms. The molecule has 0 bridgehead atoms. The Morgan fingerprint density at radius 2 is 1.75 bits per heavy atom. The van der Waals surface area contributed by atoms with Crippen molar-refractivity contribution in [3.8, 4) is 0 Å². The lowest BCUT2D eigenvalue weighted by Gasteiger charge is -2.24. The molecule has 0 spiro atoms. The third kappa shape index (κ3) is 3.48. The number of hydrogen-bond acceptors (Lipinski definition) is 6. The van der Waals surface area contributed by atoms with Crippen molar-refractivity contribution in [3.63, 3.8) is 0 Å². The molecule has 0 atom stereocenters. The highest BCUT2D eigenvalue weighted by atomic mass is 16.5. The minimum Gasteiger partial charge on any atom is -0.465 e. The molecule has 2 rings (SSSR count). The van der Waals surface area contributed by atoms with E-state index in [1.807, 2.05) is 43.3 Å². The molecular weight excluding hydrogens is 308 g/mol. The van der Waals surface area contributed by atoms with Crippen LogP contribution in [0.1, 0.15) is 0 Å². The summed E-state index contributed by atoms with van der Waals surface area (Å²) in [6.45, 7) is 0. The summed E-state index contributed by atoms with van der Waals surface area (Å²) in [5.74, 6) is -1.23. The SMILES string of the molecule is COC(=O)C1=C(C(=O)OC)N(c2cccc(N(C)C)c2)C=CC=C1. The molecule has 0 unspecified atom stereocenters. The van der Waals surface area contributed by atoms with Crippen molar-refractivity contribution in [1.82, 2.24) is 0 Å². The molecule has 1 heterocycles. The van der Waals surface area contributed by atoms with Crippen molar-refractivity contribution in [2.24, 2.45) is 0 Å². The Bertz CT molecular complexity index is 732. The lowest BCUT2D eigenvalue weighted by atomic mass is 10.1. The molecule has 0 amide bonds. The largest absolute Gasteiger partial charge is 0.465 e. The summed E-state index contributed by atoms with van der Waals surface area (Å²) in [7, 11) is 6.40. The molecule has 126 valence electrons. The molecule has 1 aliphatic heterocycles. The Balaban J connectivity index is 2.63. The van der Waals surface area contributed by atoms with Gasteiger partial charge in [-0.05, 0) is 30.4 Å². The standard InChI is InChI=1S/C18H20N2O4/c1-19(2)13-8-7-9-14(12-13)20-11-6-5-10-15(17(21)23-3)16(20)18(22)24-4/h5-12H,1-4H3. The van der Waals surface area contributed by atoms with Gasteiger partial charge >= 0.3 is 11.9 Å². The fourth-order valence-corrected chi connectivity index (χ4v) is 2.29. The van der Waals surface area contributed by atoms with Crippen molar-refractivity contribution in [2.75, 3.05) is 38.1 Å². The summed E-state index contributed by atoms with van der Waals surface area (Å²) in [6, 6.07) is 7.59. The van der Waals surface area contributed by atoms with E-state index in [1.54, 1.807) is 23.3 Å². The lowest BCUT2D eigenvalue weighted by molar-refractivity contribution is -0.139. The van der Waals surface area contributed by atoms with Crippen LogP contribution in [0.3, 0.4) is 0 Å². The number of nitrogens with zero attached hydrogens (tertiary/aromatic N) is 2. The van der Waals surface area contributed by atoms with E-state index in [-0.39, 0.29) is 11.3 Å². The van der Waals surface area contributed by atoms with Gasteiger partial charge in [0.1, 0.15) is 5.70 Å². The highest BCUT2D eigenvalue weighted by molar-refractivity contribution is 6.05. The predicted octanol–water partition coefficient (Wildman–Crippen LogP) is 2.24. The van der Waals surface area contributed by atoms with Gasteiger partial charge in [0.15, 0.2) is 0 Å². The summed E-state index contributed by atoms with van der Waals surface area (Å²) >= 11 is 0. The fourth-order valence-electron chi connectivity index (χ4n) is 2.29. The number of rotatable bonds is 4. The van der Waals surface area contributed by atoms with Crippen LogP contribution in [0.25, 0.3) is 0 Å². The summed E-state index contributed by atoms with van der Waals surface area (Å²) in [5.41, 5.74) is 1.92. The minimum absolute atomic E-state index is 0.102. The van der Waals surface area contributed by atoms with Gasteiger partial charge in [0.25, 0.3) is 0 Å². The molecule has 1 aliphatic rings. The molecule has 1 aromatic rings. The van der Waals surface area contributed by atoms with Gasteiger partial charge in [0.05, 0.1) is 19.8 Å². The van der Waals surface area contributed by atoms with Crippen molar-refractivity contribution < 1.29 is 19.1 Å². The molecule has 24 heavy (non-hydrogen) atoms. The topological polar surface area (TPSA) is 59.1 Å². The van der Waals surface area contributed by atoms with E-state index in [9.17, 15) is 9.59 Å². The summed E-state index contributed by atoms with van der Waals surface area (Å²) < 4.78 is 9.67. The first-order valence-corrected chi connectivity index (χ1v) is 7.32. The Hall–Kier alpha value is -3.02. The van der Waals surface area contributed by atoms with Crippen LogP contribution in [0.5, 0.6) is 0 Å². The second-order valence-corrected chi connectivity index (χ2v) is 5.23. The van der Waals surface area contributed by atoms with Crippen molar-refractivity contribution >= 4 is 23.3 Å². The van der Waals surface area contributed by atoms with Gasteiger partial charge in [-0.1, -0.05) is 12.1 Å². The predicted molar refractivity (Wildman–Crippen MR) is 92.6 cm³/mol. The molecular formula is C18H20N2O4.